The lowest BCUT2D eigenvalue weighted by molar-refractivity contribution is 0.0945. The lowest BCUT2D eigenvalue weighted by atomic mass is 10.2. The number of aromatic nitrogens is 2. The van der Waals surface area contributed by atoms with E-state index in [1.807, 2.05) is 18.2 Å². The van der Waals surface area contributed by atoms with Crippen LogP contribution in [0.2, 0.25) is 0 Å². The number of carbonyl (C=O) groups excluding carboxylic acids is 1. The average Bonchev–Trinajstić information content (AvgIpc) is 2.53. The van der Waals surface area contributed by atoms with Crippen molar-refractivity contribution >= 4 is 16.9 Å². The molecule has 3 aromatic rings. The van der Waals surface area contributed by atoms with Crippen molar-refractivity contribution < 1.29 is 9.18 Å². The number of carbonyl (C=O) groups is 1. The first-order valence-corrected chi connectivity index (χ1v) is 6.47. The smallest absolute Gasteiger partial charge is 0.271 e. The van der Waals surface area contributed by atoms with Gasteiger partial charge < -0.3 is 5.32 Å². The number of para-hydroxylation sites is 2. The summed E-state index contributed by atoms with van der Waals surface area (Å²) >= 11 is 0. The maximum atomic E-state index is 13.5. The van der Waals surface area contributed by atoms with E-state index in [0.29, 0.717) is 11.1 Å². The molecule has 4 nitrogen and oxygen atoms in total. The molecule has 21 heavy (non-hydrogen) atoms. The Bertz CT molecular complexity index is 804. The van der Waals surface area contributed by atoms with Gasteiger partial charge >= 0.3 is 0 Å². The molecule has 1 amide bonds. The highest BCUT2D eigenvalue weighted by Crippen LogP contribution is 2.09. The predicted octanol–water partition coefficient (Wildman–Crippen LogP) is 2.70. The van der Waals surface area contributed by atoms with Crippen molar-refractivity contribution in [3.63, 3.8) is 0 Å². The van der Waals surface area contributed by atoms with E-state index in [2.05, 4.69) is 15.3 Å². The van der Waals surface area contributed by atoms with Crippen LogP contribution in [0.5, 0.6) is 0 Å². The molecule has 5 heteroatoms. The fourth-order valence-electron chi connectivity index (χ4n) is 1.97. The number of nitrogens with zero attached hydrogens (tertiary/aromatic N) is 2. The largest absolute Gasteiger partial charge is 0.346 e. The van der Waals surface area contributed by atoms with Gasteiger partial charge in [-0.2, -0.15) is 0 Å². The first kappa shape index (κ1) is 13.2. The number of fused-ring (bicyclic) bond motifs is 1. The normalized spacial score (nSPS) is 10.5. The van der Waals surface area contributed by atoms with Crippen molar-refractivity contribution in [1.29, 1.82) is 0 Å². The summed E-state index contributed by atoms with van der Waals surface area (Å²) in [6.45, 7) is 0.111. The highest BCUT2D eigenvalue weighted by Gasteiger charge is 2.09. The van der Waals surface area contributed by atoms with E-state index < -0.39 is 0 Å². The van der Waals surface area contributed by atoms with E-state index in [4.69, 9.17) is 0 Å². The van der Waals surface area contributed by atoms with Gasteiger partial charge in [0.2, 0.25) is 0 Å². The molecule has 0 spiro atoms. The highest BCUT2D eigenvalue weighted by atomic mass is 19.1. The Labute approximate surface area is 120 Å². The van der Waals surface area contributed by atoms with Gasteiger partial charge in [0.1, 0.15) is 11.5 Å². The highest BCUT2D eigenvalue weighted by molar-refractivity contribution is 5.93. The monoisotopic (exact) mass is 281 g/mol. The van der Waals surface area contributed by atoms with Crippen molar-refractivity contribution in [3.8, 4) is 0 Å². The van der Waals surface area contributed by atoms with Gasteiger partial charge in [0.15, 0.2) is 0 Å². The van der Waals surface area contributed by atoms with Crippen LogP contribution in [-0.4, -0.2) is 15.9 Å². The summed E-state index contributed by atoms with van der Waals surface area (Å²) in [6, 6.07) is 13.6. The lowest BCUT2D eigenvalue weighted by Gasteiger charge is -2.06. The third-order valence-corrected chi connectivity index (χ3v) is 3.08. The Morgan fingerprint density at radius 1 is 1.05 bits per heavy atom. The van der Waals surface area contributed by atoms with Crippen LogP contribution >= 0.6 is 0 Å². The van der Waals surface area contributed by atoms with Gasteiger partial charge in [0.25, 0.3) is 5.91 Å². The second-order valence-electron chi connectivity index (χ2n) is 4.52. The number of hydrogen-bond acceptors (Lipinski definition) is 3. The number of amides is 1. The van der Waals surface area contributed by atoms with E-state index in [-0.39, 0.29) is 24.0 Å². The van der Waals surface area contributed by atoms with E-state index in [0.717, 1.165) is 5.52 Å². The molecule has 0 bridgehead atoms. The first-order valence-electron chi connectivity index (χ1n) is 6.47. The Kier molecular flexibility index (Phi) is 3.55. The summed E-state index contributed by atoms with van der Waals surface area (Å²) in [4.78, 5) is 20.5. The molecule has 0 radical (unpaired) electrons. The number of rotatable bonds is 3. The molecule has 0 unspecified atom stereocenters. The summed E-state index contributed by atoms with van der Waals surface area (Å²) in [5.74, 6) is -0.723. The third kappa shape index (κ3) is 2.86. The van der Waals surface area contributed by atoms with Gasteiger partial charge in [-0.1, -0.05) is 30.3 Å². The van der Waals surface area contributed by atoms with E-state index in [1.165, 1.54) is 12.3 Å². The van der Waals surface area contributed by atoms with Crippen molar-refractivity contribution in [2.45, 2.75) is 6.54 Å². The van der Waals surface area contributed by atoms with Crippen LogP contribution in [0.3, 0.4) is 0 Å². The average molecular weight is 281 g/mol. The molecular weight excluding hydrogens is 269 g/mol. The van der Waals surface area contributed by atoms with Crippen LogP contribution in [0.15, 0.2) is 54.7 Å². The Hall–Kier alpha value is -2.82. The molecular formula is C16H12FN3O. The minimum absolute atomic E-state index is 0.111. The summed E-state index contributed by atoms with van der Waals surface area (Å²) in [5, 5.41) is 2.64. The molecule has 2 aromatic carbocycles. The maximum absolute atomic E-state index is 13.5. The molecule has 0 aliphatic heterocycles. The second-order valence-corrected chi connectivity index (χ2v) is 4.52. The summed E-state index contributed by atoms with van der Waals surface area (Å²) in [5.41, 5.74) is 2.02. The van der Waals surface area contributed by atoms with E-state index >= 15 is 0 Å². The molecule has 0 atom stereocenters. The van der Waals surface area contributed by atoms with Crippen LogP contribution in [-0.2, 0) is 6.54 Å². The minimum Gasteiger partial charge on any atom is -0.346 e. The fraction of sp³-hybridized carbons (Fsp3) is 0.0625. The molecule has 0 saturated heterocycles. The maximum Gasteiger partial charge on any atom is 0.271 e. The molecule has 1 heterocycles. The quantitative estimate of drug-likeness (QED) is 0.803. The molecule has 0 aliphatic carbocycles. The first-order chi connectivity index (χ1) is 10.2. The zero-order chi connectivity index (χ0) is 14.7. The molecule has 1 aromatic heterocycles. The number of hydrogen-bond donors (Lipinski definition) is 1. The van der Waals surface area contributed by atoms with Crippen molar-refractivity contribution in [2.75, 3.05) is 0 Å². The molecule has 104 valence electrons. The van der Waals surface area contributed by atoms with Crippen molar-refractivity contribution in [1.82, 2.24) is 15.3 Å². The molecule has 3 rings (SSSR count). The van der Waals surface area contributed by atoms with Crippen LogP contribution in [0.25, 0.3) is 11.0 Å². The van der Waals surface area contributed by atoms with Gasteiger partial charge in [-0.25, -0.2) is 9.37 Å². The number of benzene rings is 2. The second kappa shape index (κ2) is 5.66. The van der Waals surface area contributed by atoms with Gasteiger partial charge in [-0.05, 0) is 18.2 Å². The summed E-state index contributed by atoms with van der Waals surface area (Å²) in [7, 11) is 0. The predicted molar refractivity (Wildman–Crippen MR) is 77.1 cm³/mol. The van der Waals surface area contributed by atoms with Crippen LogP contribution in [0.4, 0.5) is 4.39 Å². The van der Waals surface area contributed by atoms with Gasteiger partial charge in [-0.3, -0.25) is 9.78 Å². The van der Waals surface area contributed by atoms with Crippen molar-refractivity contribution in [2.24, 2.45) is 0 Å². The summed E-state index contributed by atoms with van der Waals surface area (Å²) < 4.78 is 13.5. The third-order valence-electron chi connectivity index (χ3n) is 3.08. The Balaban J connectivity index is 1.76. The standard InChI is InChI=1S/C16H12FN3O/c17-12-6-2-1-5-11(12)9-19-16(21)15-10-18-13-7-3-4-8-14(13)20-15/h1-8,10H,9H2,(H,19,21). The van der Waals surface area contributed by atoms with Crippen molar-refractivity contribution in [3.05, 3.63) is 71.8 Å². The molecule has 0 aliphatic rings. The van der Waals surface area contributed by atoms with Crippen LogP contribution in [0, 0.1) is 5.82 Å². The zero-order valence-corrected chi connectivity index (χ0v) is 11.1. The Morgan fingerprint density at radius 2 is 1.76 bits per heavy atom. The lowest BCUT2D eigenvalue weighted by Crippen LogP contribution is -2.24. The zero-order valence-electron chi connectivity index (χ0n) is 11.1. The van der Waals surface area contributed by atoms with Crippen LogP contribution < -0.4 is 5.32 Å². The number of nitrogens with one attached hydrogen (secondary N) is 1. The van der Waals surface area contributed by atoms with E-state index in [9.17, 15) is 9.18 Å². The Morgan fingerprint density at radius 3 is 2.57 bits per heavy atom. The topological polar surface area (TPSA) is 54.9 Å². The molecule has 0 fully saturated rings. The SMILES string of the molecule is O=C(NCc1ccccc1F)c1cnc2ccccc2n1. The van der Waals surface area contributed by atoms with Gasteiger partial charge in [0, 0.05) is 12.1 Å². The molecule has 1 N–H and O–H groups in total. The van der Waals surface area contributed by atoms with E-state index in [1.54, 1.807) is 24.3 Å². The van der Waals surface area contributed by atoms with Crippen LogP contribution in [0.1, 0.15) is 16.1 Å². The molecule has 0 saturated carbocycles. The number of halogens is 1. The summed E-state index contributed by atoms with van der Waals surface area (Å²) in [6.07, 6.45) is 1.42. The fourth-order valence-corrected chi connectivity index (χ4v) is 1.97. The van der Waals surface area contributed by atoms with Gasteiger partial charge in [-0.15, -0.1) is 0 Å². The minimum atomic E-state index is -0.378. The van der Waals surface area contributed by atoms with Gasteiger partial charge in [0.05, 0.1) is 17.2 Å².